The molecule has 13 atom stereocenters. The van der Waals surface area contributed by atoms with Gasteiger partial charge in [-0.3, -0.25) is 4.79 Å². The van der Waals surface area contributed by atoms with Gasteiger partial charge in [0.2, 0.25) is 0 Å². The van der Waals surface area contributed by atoms with Crippen LogP contribution in [0.1, 0.15) is 118 Å². The van der Waals surface area contributed by atoms with Gasteiger partial charge in [-0.2, -0.15) is 0 Å². The second kappa shape index (κ2) is 26.2. The molecular weight excluding hydrogens is 995 g/mol. The van der Waals surface area contributed by atoms with Crippen molar-refractivity contribution in [2.24, 2.45) is 11.8 Å². The molecule has 0 saturated carbocycles. The number of rotatable bonds is 13. The third-order valence-electron chi connectivity index (χ3n) is 13.2. The molecule has 20 heteroatoms. The first kappa shape index (κ1) is 61.7. The maximum Gasteiger partial charge on any atom is 0.342 e. The summed E-state index contributed by atoms with van der Waals surface area (Å²) in [5, 5.41) is 77.0. The van der Waals surface area contributed by atoms with Gasteiger partial charge in [0.25, 0.3) is 0 Å². The molecule has 0 radical (unpaired) electrons. The monoisotopic (exact) mass is 1070 g/mol. The van der Waals surface area contributed by atoms with E-state index in [9.17, 15) is 50.1 Å². The molecule has 1 aromatic rings. The lowest BCUT2D eigenvalue weighted by Crippen LogP contribution is -2.64. The second-order valence-corrected chi connectivity index (χ2v) is 21.0. The number of halogens is 2. The topological polar surface area (TPSA) is 267 Å². The summed E-state index contributed by atoms with van der Waals surface area (Å²) < 4.78 is 47.7. The number of hydrogen-bond acceptors (Lipinski definition) is 18. The molecule has 7 N–H and O–H groups in total. The number of aliphatic hydroxyl groups is 5. The Morgan fingerprint density at radius 2 is 1.58 bits per heavy atom. The van der Waals surface area contributed by atoms with E-state index in [0.717, 1.165) is 0 Å². The maximum atomic E-state index is 14.1. The summed E-state index contributed by atoms with van der Waals surface area (Å²) in [6.45, 7) is 19.6. The highest BCUT2D eigenvalue weighted by Crippen LogP contribution is 2.45. The molecule has 3 heterocycles. The minimum Gasteiger partial charge on any atom is -0.505 e. The van der Waals surface area contributed by atoms with Crippen molar-refractivity contribution in [1.82, 2.24) is 0 Å². The third-order valence-corrected chi connectivity index (χ3v) is 14.0. The van der Waals surface area contributed by atoms with Crippen molar-refractivity contribution in [3.05, 3.63) is 79.9 Å². The van der Waals surface area contributed by atoms with Gasteiger partial charge in [0, 0.05) is 19.4 Å². The lowest BCUT2D eigenvalue weighted by atomic mass is 9.88. The van der Waals surface area contributed by atoms with E-state index >= 15 is 0 Å². The van der Waals surface area contributed by atoms with Crippen LogP contribution in [0, 0.1) is 11.8 Å². The number of benzene rings is 1. The van der Waals surface area contributed by atoms with Gasteiger partial charge in [-0.1, -0.05) is 86.9 Å². The molecule has 0 aromatic heterocycles. The second-order valence-electron chi connectivity index (χ2n) is 20.2. The summed E-state index contributed by atoms with van der Waals surface area (Å²) in [5.74, 6) is -4.80. The summed E-state index contributed by atoms with van der Waals surface area (Å²) in [4.78, 5) is 40.2. The molecule has 0 spiro atoms. The molecule has 4 rings (SSSR count). The fraction of sp³-hybridized carbons (Fsp3) is 0.642. The van der Waals surface area contributed by atoms with Gasteiger partial charge in [-0.25, -0.2) is 9.59 Å². The van der Waals surface area contributed by atoms with Crippen LogP contribution in [0.15, 0.2) is 58.7 Å². The summed E-state index contributed by atoms with van der Waals surface area (Å²) in [6, 6.07) is 0. The molecule has 410 valence electrons. The predicted octanol–water partition coefficient (Wildman–Crippen LogP) is 6.62. The normalized spacial score (nSPS) is 31.0. The minimum absolute atomic E-state index is 0.0431. The quantitative estimate of drug-likeness (QED) is 0.0621. The first-order valence-corrected chi connectivity index (χ1v) is 25.3. The van der Waals surface area contributed by atoms with Crippen LogP contribution in [-0.4, -0.2) is 152 Å². The molecule has 2 fully saturated rings. The minimum atomic E-state index is -1.61. The van der Waals surface area contributed by atoms with Gasteiger partial charge >= 0.3 is 17.9 Å². The Kier molecular flexibility index (Phi) is 22.2. The van der Waals surface area contributed by atoms with Gasteiger partial charge in [0.15, 0.2) is 36.3 Å². The van der Waals surface area contributed by atoms with E-state index in [1.807, 2.05) is 32.9 Å². The van der Waals surface area contributed by atoms with E-state index in [1.54, 1.807) is 53.7 Å². The van der Waals surface area contributed by atoms with Crippen LogP contribution in [0.2, 0.25) is 10.0 Å². The first-order valence-electron chi connectivity index (χ1n) is 24.5. The molecule has 3 aliphatic rings. The molecule has 18 nitrogen and oxygen atoms in total. The van der Waals surface area contributed by atoms with Gasteiger partial charge < -0.3 is 73.6 Å². The van der Waals surface area contributed by atoms with Crippen molar-refractivity contribution in [2.45, 2.75) is 194 Å². The molecular formula is C53H76Cl2O18. The van der Waals surface area contributed by atoms with Gasteiger partial charge in [-0.15, -0.1) is 0 Å². The lowest BCUT2D eigenvalue weighted by molar-refractivity contribution is -0.333. The number of carbonyl (C=O) groups is 3. The third kappa shape index (κ3) is 15.2. The lowest BCUT2D eigenvalue weighted by Gasteiger charge is -2.47. The van der Waals surface area contributed by atoms with Crippen LogP contribution < -0.4 is 0 Å². The summed E-state index contributed by atoms with van der Waals surface area (Å²) in [5.41, 5.74) is -1.27. The Bertz CT molecular complexity index is 2260. The predicted molar refractivity (Wildman–Crippen MR) is 270 cm³/mol. The Balaban J connectivity index is 1.63. The van der Waals surface area contributed by atoms with Crippen LogP contribution in [0.5, 0.6) is 11.5 Å². The summed E-state index contributed by atoms with van der Waals surface area (Å²) in [6.07, 6.45) is -4.43. The van der Waals surface area contributed by atoms with Gasteiger partial charge in [-0.05, 0) is 97.4 Å². The Morgan fingerprint density at radius 3 is 2.16 bits per heavy atom. The van der Waals surface area contributed by atoms with E-state index in [-0.39, 0.29) is 35.4 Å². The Labute approximate surface area is 438 Å². The molecule has 0 bridgehead atoms. The van der Waals surface area contributed by atoms with Crippen molar-refractivity contribution >= 4 is 41.1 Å². The fourth-order valence-corrected chi connectivity index (χ4v) is 9.28. The smallest absolute Gasteiger partial charge is 0.342 e. The first-order chi connectivity index (χ1) is 34.0. The molecule has 0 aliphatic carbocycles. The van der Waals surface area contributed by atoms with Crippen molar-refractivity contribution in [1.29, 1.82) is 0 Å². The van der Waals surface area contributed by atoms with Crippen molar-refractivity contribution in [3.8, 4) is 11.5 Å². The fourth-order valence-electron chi connectivity index (χ4n) is 8.72. The van der Waals surface area contributed by atoms with Crippen LogP contribution in [0.3, 0.4) is 0 Å². The van der Waals surface area contributed by atoms with Crippen molar-refractivity contribution < 1.29 is 88.0 Å². The Hall–Kier alpha value is -3.89. The number of aromatic hydroxyl groups is 2. The number of methoxy groups -OCH3 is 1. The zero-order valence-electron chi connectivity index (χ0n) is 44.0. The number of esters is 3. The highest BCUT2D eigenvalue weighted by atomic mass is 35.5. The number of hydrogen-bond donors (Lipinski definition) is 7. The zero-order chi connectivity index (χ0) is 55.0. The van der Waals surface area contributed by atoms with Crippen LogP contribution in [-0.2, 0) is 53.9 Å². The number of aliphatic hydroxyl groups excluding tert-OH is 4. The number of phenolic OH excluding ortho intramolecular Hbond substituents is 2. The number of phenols is 2. The van der Waals surface area contributed by atoms with E-state index < -0.39 is 143 Å². The van der Waals surface area contributed by atoms with Crippen LogP contribution >= 0.6 is 23.2 Å². The molecule has 1 aromatic carbocycles. The van der Waals surface area contributed by atoms with Gasteiger partial charge in [0.1, 0.15) is 46.7 Å². The van der Waals surface area contributed by atoms with Gasteiger partial charge in [0.05, 0.1) is 47.0 Å². The average molecular weight is 1070 g/mol. The molecule has 73 heavy (non-hydrogen) atoms. The van der Waals surface area contributed by atoms with E-state index in [0.29, 0.717) is 23.1 Å². The highest BCUT2D eigenvalue weighted by Gasteiger charge is 2.53. The largest absolute Gasteiger partial charge is 0.505 e. The van der Waals surface area contributed by atoms with Crippen molar-refractivity contribution in [3.63, 3.8) is 0 Å². The van der Waals surface area contributed by atoms with Crippen LogP contribution in [0.4, 0.5) is 0 Å². The number of cyclic esters (lactones) is 1. The number of ether oxygens (including phenoxy) is 8. The average Bonchev–Trinajstić information content (AvgIpc) is 3.31. The maximum absolute atomic E-state index is 14.1. The van der Waals surface area contributed by atoms with E-state index in [1.165, 1.54) is 40.0 Å². The molecule has 2 saturated heterocycles. The molecule has 13 unspecified atom stereocenters. The zero-order valence-corrected chi connectivity index (χ0v) is 45.5. The number of carbonyl (C=O) groups excluding carboxylic acids is 3. The number of allylic oxidation sites excluding steroid dienone is 4. The summed E-state index contributed by atoms with van der Waals surface area (Å²) in [7, 11) is 1.26. The highest BCUT2D eigenvalue weighted by molar-refractivity contribution is 6.39. The molecule has 3 aliphatic heterocycles. The summed E-state index contributed by atoms with van der Waals surface area (Å²) >= 11 is 12.3. The van der Waals surface area contributed by atoms with E-state index in [2.05, 4.69) is 0 Å². The van der Waals surface area contributed by atoms with Crippen LogP contribution in [0.25, 0.3) is 0 Å². The van der Waals surface area contributed by atoms with E-state index in [4.69, 9.17) is 61.1 Å². The Morgan fingerprint density at radius 1 is 0.918 bits per heavy atom. The van der Waals surface area contributed by atoms with Crippen molar-refractivity contribution in [2.75, 3.05) is 13.7 Å². The SMILES string of the molecule is CCc1c(Cl)c(O)c(Cl)c(O)c1C(=O)OC1C(C)OC(OCC2=CC=CCC(O)C(C)=CC(CC)C(OC3OC(C)(C)C(OC(=O)C(C)C)C(O)C3O)C(C)=CC(C)=CCC(C(C)(C)O)OC2=O)C(OC)C1O. The standard InChI is InChI=1S/C53H76Cl2O18/c1-14-30-23-27(6)33(56)19-17-16-18-31(24-67-51-45(66-13)42(61)44(29(8)68-51)70-49(64)35-32(15-2)36(54)39(58)37(55)38(35)57)48(63)69-34(52(9,10)65)21-20-26(5)22-28(7)43(30)71-50-41(60)40(59)46(53(11,12)73-50)72-47(62)25(3)4/h16-18,20,22-23,25,29-30,33-34,40-46,50-51,56-61,65H,14-15,19,21,24H2,1-13H3. The molecule has 0 amide bonds.